The molecule has 0 spiro atoms. The molecule has 2 N–H and O–H groups in total. The molecule has 0 fully saturated rings. The van der Waals surface area contributed by atoms with E-state index in [2.05, 4.69) is 28.5 Å². The minimum Gasteiger partial charge on any atom is -0.325 e. The van der Waals surface area contributed by atoms with Crippen molar-refractivity contribution >= 4 is 34.8 Å². The molecular formula is C20H24ClN3O2. The number of hydrogen-bond acceptors (Lipinski definition) is 3. The third-order valence-electron chi connectivity index (χ3n) is 4.34. The van der Waals surface area contributed by atoms with Crippen molar-refractivity contribution in [2.75, 3.05) is 5.32 Å². The predicted molar refractivity (Wildman–Crippen MR) is 106 cm³/mol. The largest absolute Gasteiger partial charge is 0.325 e. The zero-order chi connectivity index (χ0) is 19.1. The van der Waals surface area contributed by atoms with E-state index >= 15 is 0 Å². The Bertz CT molecular complexity index is 768. The molecule has 0 aromatic heterocycles. The molecule has 0 aliphatic heterocycles. The fourth-order valence-electron chi connectivity index (χ4n) is 2.61. The van der Waals surface area contributed by atoms with E-state index in [-0.39, 0.29) is 24.7 Å². The standard InChI is InChI=1S/C20H24ClN3O2/c1-13(2)15-9-8-14(3)18(12-15)23-24-20(26)11-10-19(25)22-17-7-5-4-6-16(17)21/h4-8,15H,1,9-12H2,2-3H3,(H,22,25)(H,24,26)/b23-18+/t15-/m1/s1. The van der Waals surface area contributed by atoms with Crippen molar-refractivity contribution in [1.29, 1.82) is 0 Å². The molecule has 1 atom stereocenters. The van der Waals surface area contributed by atoms with Crippen molar-refractivity contribution in [1.82, 2.24) is 5.43 Å². The smallest absolute Gasteiger partial charge is 0.240 e. The van der Waals surface area contributed by atoms with Gasteiger partial charge in [0.1, 0.15) is 0 Å². The summed E-state index contributed by atoms with van der Waals surface area (Å²) >= 11 is 5.99. The van der Waals surface area contributed by atoms with Crippen LogP contribution in [0.25, 0.3) is 0 Å². The van der Waals surface area contributed by atoms with E-state index in [0.29, 0.717) is 16.6 Å². The van der Waals surface area contributed by atoms with Crippen LogP contribution in [0.15, 0.2) is 53.2 Å². The number of halogens is 1. The van der Waals surface area contributed by atoms with Gasteiger partial charge in [0.25, 0.3) is 0 Å². The Hall–Kier alpha value is -2.40. The fraction of sp³-hybridized carbons (Fsp3) is 0.350. The summed E-state index contributed by atoms with van der Waals surface area (Å²) in [4.78, 5) is 23.9. The van der Waals surface area contributed by atoms with Crippen LogP contribution < -0.4 is 10.7 Å². The molecule has 5 nitrogen and oxygen atoms in total. The number of benzene rings is 1. The maximum absolute atomic E-state index is 12.0. The zero-order valence-corrected chi connectivity index (χ0v) is 15.9. The van der Waals surface area contributed by atoms with Gasteiger partial charge in [-0.25, -0.2) is 5.43 Å². The molecule has 0 saturated carbocycles. The fourth-order valence-corrected chi connectivity index (χ4v) is 2.79. The average Bonchev–Trinajstić information content (AvgIpc) is 2.61. The number of carbonyl (C=O) groups is 2. The lowest BCUT2D eigenvalue weighted by atomic mass is 9.85. The highest BCUT2D eigenvalue weighted by Gasteiger charge is 2.19. The SMILES string of the molecule is C=C(C)[C@@H]1CC=C(C)/C(=N/NC(=O)CCC(=O)Nc2ccccc2Cl)C1. The number of amides is 2. The van der Waals surface area contributed by atoms with Crippen LogP contribution in [0.5, 0.6) is 0 Å². The molecular weight excluding hydrogens is 350 g/mol. The van der Waals surface area contributed by atoms with E-state index in [4.69, 9.17) is 11.6 Å². The van der Waals surface area contributed by atoms with Gasteiger partial charge >= 0.3 is 0 Å². The summed E-state index contributed by atoms with van der Waals surface area (Å²) in [5.74, 6) is -0.204. The first-order valence-electron chi connectivity index (χ1n) is 8.59. The number of nitrogens with zero attached hydrogens (tertiary/aromatic N) is 1. The lowest BCUT2D eigenvalue weighted by Crippen LogP contribution is -2.24. The Kier molecular flexibility index (Phi) is 7.16. The van der Waals surface area contributed by atoms with Gasteiger partial charge in [-0.05, 0) is 50.3 Å². The number of rotatable bonds is 6. The van der Waals surface area contributed by atoms with Crippen molar-refractivity contribution in [2.45, 2.75) is 39.5 Å². The molecule has 2 amide bonds. The highest BCUT2D eigenvalue weighted by molar-refractivity contribution is 6.33. The van der Waals surface area contributed by atoms with Crippen molar-refractivity contribution in [2.24, 2.45) is 11.0 Å². The molecule has 2 rings (SSSR count). The number of hydrogen-bond donors (Lipinski definition) is 2. The Balaban J connectivity index is 1.82. The second kappa shape index (κ2) is 9.34. The average molecular weight is 374 g/mol. The molecule has 26 heavy (non-hydrogen) atoms. The Morgan fingerprint density at radius 2 is 1.96 bits per heavy atom. The molecule has 0 unspecified atom stereocenters. The summed E-state index contributed by atoms with van der Waals surface area (Å²) in [7, 11) is 0. The van der Waals surface area contributed by atoms with Crippen molar-refractivity contribution in [3.8, 4) is 0 Å². The monoisotopic (exact) mass is 373 g/mol. The van der Waals surface area contributed by atoms with Gasteiger partial charge in [0.2, 0.25) is 11.8 Å². The van der Waals surface area contributed by atoms with Gasteiger partial charge < -0.3 is 5.32 Å². The summed E-state index contributed by atoms with van der Waals surface area (Å²) in [6.07, 6.45) is 3.96. The number of para-hydroxylation sites is 1. The van der Waals surface area contributed by atoms with Gasteiger partial charge in [-0.3, -0.25) is 9.59 Å². The van der Waals surface area contributed by atoms with Crippen LogP contribution in [0.2, 0.25) is 5.02 Å². The van der Waals surface area contributed by atoms with Crippen LogP contribution in [0.3, 0.4) is 0 Å². The van der Waals surface area contributed by atoms with Crippen LogP contribution in [0, 0.1) is 5.92 Å². The first kappa shape index (κ1) is 19.9. The van der Waals surface area contributed by atoms with Crippen molar-refractivity contribution < 1.29 is 9.59 Å². The Morgan fingerprint density at radius 3 is 2.65 bits per heavy atom. The first-order valence-corrected chi connectivity index (χ1v) is 8.97. The minimum absolute atomic E-state index is 0.0553. The van der Waals surface area contributed by atoms with Gasteiger partial charge in [-0.15, -0.1) is 0 Å². The first-order chi connectivity index (χ1) is 12.4. The van der Waals surface area contributed by atoms with Crippen molar-refractivity contribution in [3.63, 3.8) is 0 Å². The second-order valence-electron chi connectivity index (χ2n) is 6.49. The molecule has 0 bridgehead atoms. The molecule has 1 aliphatic rings. The third kappa shape index (κ3) is 5.85. The Morgan fingerprint density at radius 1 is 1.27 bits per heavy atom. The normalized spacial score (nSPS) is 18.2. The van der Waals surface area contributed by atoms with Crippen LogP contribution in [0.1, 0.15) is 39.5 Å². The predicted octanol–water partition coefficient (Wildman–Crippen LogP) is 4.46. The number of allylic oxidation sites excluding steroid dienone is 3. The second-order valence-corrected chi connectivity index (χ2v) is 6.90. The topological polar surface area (TPSA) is 70.6 Å². The van der Waals surface area contributed by atoms with E-state index in [9.17, 15) is 9.59 Å². The molecule has 0 saturated heterocycles. The highest BCUT2D eigenvalue weighted by Crippen LogP contribution is 2.26. The van der Waals surface area contributed by atoms with Gasteiger partial charge in [0, 0.05) is 12.8 Å². The molecule has 6 heteroatoms. The molecule has 138 valence electrons. The zero-order valence-electron chi connectivity index (χ0n) is 15.1. The van der Waals surface area contributed by atoms with Gasteiger partial charge in [-0.1, -0.05) is 42.0 Å². The van der Waals surface area contributed by atoms with Crippen LogP contribution >= 0.6 is 11.6 Å². The maximum Gasteiger partial charge on any atom is 0.240 e. The molecule has 1 aliphatic carbocycles. The van der Waals surface area contributed by atoms with E-state index in [1.807, 2.05) is 13.8 Å². The van der Waals surface area contributed by atoms with Crippen molar-refractivity contribution in [3.05, 3.63) is 53.1 Å². The summed E-state index contributed by atoms with van der Waals surface area (Å²) in [6, 6.07) is 6.97. The molecule has 1 aromatic carbocycles. The quantitative estimate of drug-likeness (QED) is 0.570. The number of anilines is 1. The van der Waals surface area contributed by atoms with Gasteiger partial charge in [-0.2, -0.15) is 5.10 Å². The van der Waals surface area contributed by atoms with Gasteiger partial charge in [0.15, 0.2) is 0 Å². The molecule has 0 heterocycles. The third-order valence-corrected chi connectivity index (χ3v) is 4.67. The number of hydrazone groups is 1. The van der Waals surface area contributed by atoms with Gasteiger partial charge in [0.05, 0.1) is 16.4 Å². The maximum atomic E-state index is 12.0. The highest BCUT2D eigenvalue weighted by atomic mass is 35.5. The minimum atomic E-state index is -0.294. The van der Waals surface area contributed by atoms with E-state index in [1.165, 1.54) is 0 Å². The molecule has 0 radical (unpaired) electrons. The van der Waals surface area contributed by atoms with E-state index in [0.717, 1.165) is 29.7 Å². The summed E-state index contributed by atoms with van der Waals surface area (Å²) in [6.45, 7) is 7.99. The molecule has 1 aromatic rings. The summed E-state index contributed by atoms with van der Waals surface area (Å²) in [5.41, 5.74) is 6.12. The van der Waals surface area contributed by atoms with E-state index < -0.39 is 0 Å². The summed E-state index contributed by atoms with van der Waals surface area (Å²) < 4.78 is 0. The number of carbonyl (C=O) groups excluding carboxylic acids is 2. The lowest BCUT2D eigenvalue weighted by Gasteiger charge is -2.22. The Labute approximate surface area is 159 Å². The van der Waals surface area contributed by atoms with Crippen LogP contribution in [-0.2, 0) is 9.59 Å². The number of nitrogens with one attached hydrogen (secondary N) is 2. The van der Waals surface area contributed by atoms with E-state index in [1.54, 1.807) is 24.3 Å². The van der Waals surface area contributed by atoms with Crippen LogP contribution in [0.4, 0.5) is 5.69 Å². The summed E-state index contributed by atoms with van der Waals surface area (Å²) in [5, 5.41) is 7.38. The van der Waals surface area contributed by atoms with Crippen LogP contribution in [-0.4, -0.2) is 17.5 Å². The lowest BCUT2D eigenvalue weighted by molar-refractivity contribution is -0.124.